The molecule has 0 fully saturated rings. The molecule has 0 N–H and O–H groups in total. The van der Waals surface area contributed by atoms with Gasteiger partial charge in [-0.25, -0.2) is 0 Å². The van der Waals surface area contributed by atoms with Gasteiger partial charge in [0.1, 0.15) is 5.78 Å². The summed E-state index contributed by atoms with van der Waals surface area (Å²) in [6, 6.07) is 0. The molecule has 1 amide bonds. The second-order valence-electron chi connectivity index (χ2n) is 5.04. The predicted octanol–water partition coefficient (Wildman–Crippen LogP) is 0.997. The molecule has 1 unspecified atom stereocenters. The van der Waals surface area contributed by atoms with Crippen LogP contribution in [0.4, 0.5) is 0 Å². The van der Waals surface area contributed by atoms with Crippen LogP contribution in [0.1, 0.15) is 41.0 Å². The van der Waals surface area contributed by atoms with Crippen molar-refractivity contribution in [2.24, 2.45) is 5.92 Å². The summed E-state index contributed by atoms with van der Waals surface area (Å²) < 4.78 is 0. The third-order valence-electron chi connectivity index (χ3n) is 3.49. The van der Waals surface area contributed by atoms with Crippen LogP contribution in [0.15, 0.2) is 0 Å². The van der Waals surface area contributed by atoms with Gasteiger partial charge in [-0.15, -0.1) is 0 Å². The minimum atomic E-state index is -0.948. The zero-order valence-corrected chi connectivity index (χ0v) is 11.9. The normalized spacial score (nSPS) is 12.8. The Kier molecular flexibility index (Phi) is 5.39. The molecular weight excluding hydrogens is 234 g/mol. The molecule has 0 saturated heterocycles. The fourth-order valence-corrected chi connectivity index (χ4v) is 1.20. The maximum absolute atomic E-state index is 11.9. The van der Waals surface area contributed by atoms with Gasteiger partial charge in [-0.3, -0.25) is 19.2 Å². The second kappa shape index (κ2) is 5.89. The van der Waals surface area contributed by atoms with E-state index in [2.05, 4.69) is 0 Å². The van der Waals surface area contributed by atoms with Crippen LogP contribution in [0.25, 0.3) is 0 Å². The first-order valence-corrected chi connectivity index (χ1v) is 5.82. The van der Waals surface area contributed by atoms with E-state index in [9.17, 15) is 19.2 Å². The lowest BCUT2D eigenvalue weighted by Gasteiger charge is -2.33. The Morgan fingerprint density at radius 3 is 1.89 bits per heavy atom. The monoisotopic (exact) mass is 255 g/mol. The van der Waals surface area contributed by atoms with Gasteiger partial charge < -0.3 is 4.90 Å². The lowest BCUT2D eigenvalue weighted by Crippen LogP contribution is -2.50. The first-order chi connectivity index (χ1) is 8.01. The maximum atomic E-state index is 11.9. The maximum Gasteiger partial charge on any atom is 0.230 e. The van der Waals surface area contributed by atoms with Gasteiger partial charge in [-0.05, 0) is 34.6 Å². The fourth-order valence-electron chi connectivity index (χ4n) is 1.20. The number of carbonyl (C=O) groups excluding carboxylic acids is 4. The van der Waals surface area contributed by atoms with Crippen LogP contribution < -0.4 is 0 Å². The molecule has 1 atom stereocenters. The molecule has 0 aliphatic carbocycles. The molecule has 0 heterocycles. The summed E-state index contributed by atoms with van der Waals surface area (Å²) in [6.07, 6.45) is -0.353. The zero-order valence-electron chi connectivity index (χ0n) is 11.9. The molecule has 0 spiro atoms. The van der Waals surface area contributed by atoms with E-state index in [1.54, 1.807) is 13.8 Å². The van der Waals surface area contributed by atoms with Crippen LogP contribution in [-0.4, -0.2) is 40.7 Å². The molecule has 102 valence electrons. The highest BCUT2D eigenvalue weighted by atomic mass is 16.2. The number of likely N-dealkylation sites (N-methyl/N-ethyl adjacent to an activating group) is 1. The number of amides is 1. The molecule has 0 aromatic heterocycles. The Hall–Kier alpha value is -1.52. The SMILES string of the molecule is CC(=O)C(C)C(=O)CC(=O)N(C)C(C)(C)C(C)=O. The lowest BCUT2D eigenvalue weighted by molar-refractivity contribution is -0.145. The highest BCUT2D eigenvalue weighted by Crippen LogP contribution is 2.15. The second-order valence-corrected chi connectivity index (χ2v) is 5.04. The molecule has 0 aliphatic rings. The van der Waals surface area contributed by atoms with Crippen LogP contribution >= 0.6 is 0 Å². The average Bonchev–Trinajstić information content (AvgIpc) is 2.25. The van der Waals surface area contributed by atoms with Gasteiger partial charge in [0.25, 0.3) is 0 Å². The van der Waals surface area contributed by atoms with Gasteiger partial charge in [0.15, 0.2) is 11.6 Å². The Bertz CT molecular complexity index is 384. The summed E-state index contributed by atoms with van der Waals surface area (Å²) >= 11 is 0. The molecule has 0 bridgehead atoms. The lowest BCUT2D eigenvalue weighted by atomic mass is 9.95. The van der Waals surface area contributed by atoms with Gasteiger partial charge in [-0.2, -0.15) is 0 Å². The summed E-state index contributed by atoms with van der Waals surface area (Å²) in [4.78, 5) is 47.2. The summed E-state index contributed by atoms with van der Waals surface area (Å²) in [6.45, 7) is 7.42. The molecular formula is C13H21NO4. The van der Waals surface area contributed by atoms with Crippen LogP contribution in [0.2, 0.25) is 0 Å². The molecule has 0 aliphatic heterocycles. The smallest absolute Gasteiger partial charge is 0.230 e. The van der Waals surface area contributed by atoms with Crippen molar-refractivity contribution in [2.45, 2.75) is 46.6 Å². The van der Waals surface area contributed by atoms with E-state index in [4.69, 9.17) is 0 Å². The van der Waals surface area contributed by atoms with Gasteiger partial charge >= 0.3 is 0 Å². The number of nitrogens with zero attached hydrogens (tertiary/aromatic N) is 1. The molecule has 18 heavy (non-hydrogen) atoms. The Labute approximate surface area is 108 Å². The van der Waals surface area contributed by atoms with E-state index < -0.39 is 23.1 Å². The number of Topliss-reactive ketones (excluding diaryl/α,β-unsaturated/α-hetero) is 3. The van der Waals surface area contributed by atoms with Crippen molar-refractivity contribution in [1.29, 1.82) is 0 Å². The van der Waals surface area contributed by atoms with Crippen LogP contribution in [0.3, 0.4) is 0 Å². The van der Waals surface area contributed by atoms with Crippen molar-refractivity contribution in [1.82, 2.24) is 4.90 Å². The molecule has 0 saturated carbocycles. The molecule has 0 aromatic rings. The van der Waals surface area contributed by atoms with Crippen LogP contribution in [0.5, 0.6) is 0 Å². The summed E-state index contributed by atoms with van der Waals surface area (Å²) in [5.41, 5.74) is -0.948. The Morgan fingerprint density at radius 1 is 1.11 bits per heavy atom. The number of rotatable bonds is 6. The van der Waals surface area contributed by atoms with E-state index >= 15 is 0 Å². The largest absolute Gasteiger partial charge is 0.333 e. The van der Waals surface area contributed by atoms with Crippen molar-refractivity contribution >= 4 is 23.3 Å². The Morgan fingerprint density at radius 2 is 1.56 bits per heavy atom. The highest BCUT2D eigenvalue weighted by molar-refractivity contribution is 6.08. The van der Waals surface area contributed by atoms with Gasteiger partial charge in [-0.1, -0.05) is 0 Å². The third-order valence-corrected chi connectivity index (χ3v) is 3.49. The van der Waals surface area contributed by atoms with Crippen LogP contribution in [-0.2, 0) is 19.2 Å². The van der Waals surface area contributed by atoms with Gasteiger partial charge in [0.2, 0.25) is 5.91 Å². The van der Waals surface area contributed by atoms with E-state index in [-0.39, 0.29) is 18.0 Å². The first kappa shape index (κ1) is 16.5. The van der Waals surface area contributed by atoms with E-state index in [0.29, 0.717) is 0 Å². The summed E-state index contributed by atoms with van der Waals surface area (Å²) in [5.74, 6) is -2.07. The summed E-state index contributed by atoms with van der Waals surface area (Å²) in [7, 11) is 1.48. The molecule has 0 aromatic carbocycles. The Balaban J connectivity index is 4.75. The van der Waals surface area contributed by atoms with Gasteiger partial charge in [0.05, 0.1) is 17.9 Å². The van der Waals surface area contributed by atoms with E-state index in [1.807, 2.05) is 0 Å². The quantitative estimate of drug-likeness (QED) is 0.664. The van der Waals surface area contributed by atoms with Crippen molar-refractivity contribution in [3.05, 3.63) is 0 Å². The molecule has 0 rings (SSSR count). The summed E-state index contributed by atoms with van der Waals surface area (Å²) in [5, 5.41) is 0. The molecule has 5 heteroatoms. The topological polar surface area (TPSA) is 71.5 Å². The molecule has 0 radical (unpaired) electrons. The van der Waals surface area contributed by atoms with Crippen molar-refractivity contribution < 1.29 is 19.2 Å². The number of ketones is 3. The first-order valence-electron chi connectivity index (χ1n) is 5.82. The van der Waals surface area contributed by atoms with E-state index in [1.165, 1.54) is 32.7 Å². The van der Waals surface area contributed by atoms with Crippen LogP contribution in [0, 0.1) is 5.92 Å². The number of carbonyl (C=O) groups is 4. The molecule has 5 nitrogen and oxygen atoms in total. The fraction of sp³-hybridized carbons (Fsp3) is 0.692. The average molecular weight is 255 g/mol. The minimum absolute atomic E-state index is 0.162. The van der Waals surface area contributed by atoms with E-state index in [0.717, 1.165) is 0 Å². The van der Waals surface area contributed by atoms with Crippen molar-refractivity contribution in [2.75, 3.05) is 7.05 Å². The zero-order chi connectivity index (χ0) is 14.7. The number of hydrogen-bond donors (Lipinski definition) is 0. The van der Waals surface area contributed by atoms with Crippen molar-refractivity contribution in [3.63, 3.8) is 0 Å². The van der Waals surface area contributed by atoms with Gasteiger partial charge in [0, 0.05) is 7.05 Å². The third kappa shape index (κ3) is 3.75. The predicted molar refractivity (Wildman–Crippen MR) is 67.0 cm³/mol. The highest BCUT2D eigenvalue weighted by Gasteiger charge is 2.33. The minimum Gasteiger partial charge on any atom is -0.333 e. The standard InChI is InChI=1S/C13H21NO4/c1-8(9(2)15)11(17)7-12(18)14(6)13(4,5)10(3)16/h8H,7H2,1-6H3. The van der Waals surface area contributed by atoms with Crippen molar-refractivity contribution in [3.8, 4) is 0 Å². The number of hydrogen-bond acceptors (Lipinski definition) is 4.